The third-order valence-electron chi connectivity index (χ3n) is 2.26. The van der Waals surface area contributed by atoms with Crippen LogP contribution in [0.1, 0.15) is 30.4 Å². The summed E-state index contributed by atoms with van der Waals surface area (Å²) in [6.07, 6.45) is -3.04. The fraction of sp³-hybridized carbons (Fsp3) is 0.600. The number of rotatable bonds is 5. The molecule has 0 amide bonds. The lowest BCUT2D eigenvalue weighted by molar-refractivity contribution is -0.0964. The number of alkyl halides is 4. The number of nitrogens with zero attached hydrogens (tertiary/aromatic N) is 2. The van der Waals surface area contributed by atoms with Crippen LogP contribution in [0.5, 0.6) is 5.75 Å². The summed E-state index contributed by atoms with van der Waals surface area (Å²) in [6, 6.07) is -0.443. The van der Waals surface area contributed by atoms with E-state index in [9.17, 15) is 22.4 Å². The molecule has 1 aromatic rings. The lowest BCUT2D eigenvalue weighted by Gasteiger charge is -2.17. The molecule has 0 saturated carbocycles. The Labute approximate surface area is 101 Å². The maximum Gasteiger partial charge on any atom is 0.370 e. The highest BCUT2D eigenvalue weighted by Crippen LogP contribution is 2.32. The lowest BCUT2D eigenvalue weighted by Crippen LogP contribution is -2.38. The van der Waals surface area contributed by atoms with Crippen molar-refractivity contribution in [1.29, 1.82) is 0 Å². The molecule has 0 aliphatic carbocycles. The summed E-state index contributed by atoms with van der Waals surface area (Å²) < 4.78 is 56.1. The number of hydrogen-bond donors (Lipinski definition) is 0. The first kappa shape index (κ1) is 14.5. The van der Waals surface area contributed by atoms with Crippen LogP contribution in [0, 0.1) is 0 Å². The van der Waals surface area contributed by atoms with Crippen molar-refractivity contribution in [2.45, 2.75) is 32.2 Å². The van der Waals surface area contributed by atoms with Gasteiger partial charge < -0.3 is 4.74 Å². The Morgan fingerprint density at radius 3 is 2.39 bits per heavy atom. The molecule has 8 heteroatoms. The van der Waals surface area contributed by atoms with Crippen molar-refractivity contribution in [2.75, 3.05) is 7.11 Å². The lowest BCUT2D eigenvalue weighted by atomic mass is 10.1. The second-order valence-corrected chi connectivity index (χ2v) is 3.85. The Balaban J connectivity index is 3.31. The highest BCUT2D eigenvalue weighted by atomic mass is 19.3. The SMILES string of the molecule is COc1cnn(C(C)C)c1C(=O)C(F)(F)C(F)F. The van der Waals surface area contributed by atoms with E-state index >= 15 is 0 Å². The average molecular weight is 268 g/mol. The highest BCUT2D eigenvalue weighted by molar-refractivity contribution is 6.02. The minimum atomic E-state index is -4.76. The van der Waals surface area contributed by atoms with Gasteiger partial charge in [0.25, 0.3) is 5.78 Å². The minimum absolute atomic E-state index is 0.256. The molecule has 0 bridgehead atoms. The van der Waals surface area contributed by atoms with Crippen LogP contribution in [0.3, 0.4) is 0 Å². The Hall–Kier alpha value is -1.60. The van der Waals surface area contributed by atoms with Gasteiger partial charge in [-0.3, -0.25) is 9.48 Å². The Morgan fingerprint density at radius 2 is 2.00 bits per heavy atom. The van der Waals surface area contributed by atoms with Gasteiger partial charge >= 0.3 is 12.3 Å². The number of ether oxygens (including phenoxy) is 1. The van der Waals surface area contributed by atoms with E-state index in [1.807, 2.05) is 0 Å². The van der Waals surface area contributed by atoms with E-state index in [1.54, 1.807) is 13.8 Å². The molecule has 1 heterocycles. The van der Waals surface area contributed by atoms with Gasteiger partial charge in [-0.05, 0) is 13.8 Å². The number of halogens is 4. The maximum atomic E-state index is 13.1. The number of methoxy groups -OCH3 is 1. The first-order valence-corrected chi connectivity index (χ1v) is 5.05. The predicted molar refractivity (Wildman–Crippen MR) is 54.4 cm³/mol. The number of carbonyl (C=O) groups is 1. The van der Waals surface area contributed by atoms with Gasteiger partial charge in [0.05, 0.1) is 13.3 Å². The van der Waals surface area contributed by atoms with Crippen LogP contribution in [-0.2, 0) is 0 Å². The van der Waals surface area contributed by atoms with Crippen LogP contribution < -0.4 is 4.74 Å². The zero-order chi connectivity index (χ0) is 14.1. The molecule has 1 aromatic heterocycles. The predicted octanol–water partition coefficient (Wildman–Crippen LogP) is 2.56. The average Bonchev–Trinajstić information content (AvgIpc) is 2.70. The monoisotopic (exact) mass is 268 g/mol. The third-order valence-corrected chi connectivity index (χ3v) is 2.26. The Bertz CT molecular complexity index is 443. The molecule has 0 unspecified atom stereocenters. The number of ketones is 1. The number of carbonyl (C=O) groups excluding carboxylic acids is 1. The van der Waals surface area contributed by atoms with Gasteiger partial charge in [-0.2, -0.15) is 13.9 Å². The van der Waals surface area contributed by atoms with Crippen molar-refractivity contribution in [3.63, 3.8) is 0 Å². The molecular formula is C10H12F4N2O2. The molecule has 102 valence electrons. The van der Waals surface area contributed by atoms with Crippen molar-refractivity contribution >= 4 is 5.78 Å². The molecule has 18 heavy (non-hydrogen) atoms. The molecule has 0 N–H and O–H groups in total. The molecule has 0 atom stereocenters. The van der Waals surface area contributed by atoms with Crippen LogP contribution in [-0.4, -0.2) is 35.0 Å². The fourth-order valence-electron chi connectivity index (χ4n) is 1.36. The Kier molecular flexibility index (Phi) is 3.98. The van der Waals surface area contributed by atoms with E-state index in [1.165, 1.54) is 0 Å². The first-order chi connectivity index (χ1) is 8.23. The van der Waals surface area contributed by atoms with Gasteiger partial charge in [-0.25, -0.2) is 8.78 Å². The van der Waals surface area contributed by atoms with Crippen molar-refractivity contribution in [2.24, 2.45) is 0 Å². The van der Waals surface area contributed by atoms with Crippen molar-refractivity contribution in [3.05, 3.63) is 11.9 Å². The van der Waals surface area contributed by atoms with Crippen molar-refractivity contribution in [3.8, 4) is 5.75 Å². The second kappa shape index (κ2) is 4.95. The van der Waals surface area contributed by atoms with Crippen LogP contribution in [0.2, 0.25) is 0 Å². The Morgan fingerprint density at radius 1 is 1.44 bits per heavy atom. The number of Topliss-reactive ketones (excluding diaryl/α,β-unsaturated/α-hetero) is 1. The zero-order valence-corrected chi connectivity index (χ0v) is 9.95. The van der Waals surface area contributed by atoms with Gasteiger partial charge in [0.1, 0.15) is 0 Å². The van der Waals surface area contributed by atoms with Crippen LogP contribution >= 0.6 is 0 Å². The van der Waals surface area contributed by atoms with Crippen LogP contribution in [0.4, 0.5) is 17.6 Å². The molecule has 0 saturated heterocycles. The van der Waals surface area contributed by atoms with Gasteiger partial charge in [0.2, 0.25) is 0 Å². The van der Waals surface area contributed by atoms with E-state index < -0.39 is 29.9 Å². The van der Waals surface area contributed by atoms with E-state index in [-0.39, 0.29) is 5.75 Å². The van der Waals surface area contributed by atoms with Crippen LogP contribution in [0.15, 0.2) is 6.20 Å². The number of aromatic nitrogens is 2. The molecule has 0 spiro atoms. The van der Waals surface area contributed by atoms with Gasteiger partial charge in [0.15, 0.2) is 11.4 Å². The fourth-order valence-corrected chi connectivity index (χ4v) is 1.36. The summed E-state index contributed by atoms with van der Waals surface area (Å²) in [5.41, 5.74) is -0.655. The summed E-state index contributed by atoms with van der Waals surface area (Å²) >= 11 is 0. The summed E-state index contributed by atoms with van der Waals surface area (Å²) in [5, 5.41) is 3.67. The van der Waals surface area contributed by atoms with Gasteiger partial charge in [-0.15, -0.1) is 0 Å². The molecular weight excluding hydrogens is 256 g/mol. The first-order valence-electron chi connectivity index (χ1n) is 5.05. The van der Waals surface area contributed by atoms with Gasteiger partial charge in [0, 0.05) is 6.04 Å². The molecule has 0 fully saturated rings. The van der Waals surface area contributed by atoms with E-state index in [0.717, 1.165) is 18.0 Å². The second-order valence-electron chi connectivity index (χ2n) is 3.85. The van der Waals surface area contributed by atoms with E-state index in [4.69, 9.17) is 0 Å². The largest absolute Gasteiger partial charge is 0.493 e. The quantitative estimate of drug-likeness (QED) is 0.609. The topological polar surface area (TPSA) is 44.1 Å². The minimum Gasteiger partial charge on any atom is -0.493 e. The normalized spacial score (nSPS) is 12.3. The molecule has 4 nitrogen and oxygen atoms in total. The van der Waals surface area contributed by atoms with E-state index in [2.05, 4.69) is 9.84 Å². The highest BCUT2D eigenvalue weighted by Gasteiger charge is 2.51. The standard InChI is InChI=1S/C10H12F4N2O2/c1-5(2)16-7(6(18-3)4-15-16)8(17)10(13,14)9(11)12/h4-5,9H,1-3H3. The molecule has 0 radical (unpaired) electrons. The third kappa shape index (κ3) is 2.32. The van der Waals surface area contributed by atoms with E-state index in [0.29, 0.717) is 0 Å². The summed E-state index contributed by atoms with van der Waals surface area (Å²) in [4.78, 5) is 11.5. The molecule has 0 aromatic carbocycles. The summed E-state index contributed by atoms with van der Waals surface area (Å²) in [7, 11) is 1.14. The van der Waals surface area contributed by atoms with Crippen molar-refractivity contribution < 1.29 is 27.1 Å². The zero-order valence-electron chi connectivity index (χ0n) is 9.95. The summed E-state index contributed by atoms with van der Waals surface area (Å²) in [5.74, 6) is -7.02. The molecule has 1 rings (SSSR count). The smallest absolute Gasteiger partial charge is 0.370 e. The molecule has 0 aliphatic heterocycles. The maximum absolute atomic E-state index is 13.1. The summed E-state index contributed by atoms with van der Waals surface area (Å²) in [6.45, 7) is 3.15. The van der Waals surface area contributed by atoms with Gasteiger partial charge in [-0.1, -0.05) is 0 Å². The van der Waals surface area contributed by atoms with Crippen molar-refractivity contribution in [1.82, 2.24) is 9.78 Å². The number of hydrogen-bond acceptors (Lipinski definition) is 3. The molecule has 0 aliphatic rings. The van der Waals surface area contributed by atoms with Crippen LogP contribution in [0.25, 0.3) is 0 Å².